The molecule has 1 fully saturated rings. The van der Waals surface area contributed by atoms with Gasteiger partial charge in [0.2, 0.25) is 20.0 Å². The van der Waals surface area contributed by atoms with Crippen LogP contribution in [-0.2, 0) is 20.0 Å². The lowest BCUT2D eigenvalue weighted by atomic mass is 9.93. The van der Waals surface area contributed by atoms with Crippen LogP contribution >= 0.6 is 0 Å². The molecule has 1 aromatic carbocycles. The van der Waals surface area contributed by atoms with E-state index in [9.17, 15) is 21.2 Å². The predicted octanol–water partition coefficient (Wildman–Crippen LogP) is 0.745. The van der Waals surface area contributed by atoms with Gasteiger partial charge in [0.15, 0.2) is 0 Å². The molecule has 0 unspecified atom stereocenters. The summed E-state index contributed by atoms with van der Waals surface area (Å²) in [5.74, 6) is -0.955. The van der Waals surface area contributed by atoms with Gasteiger partial charge in [-0.15, -0.1) is 0 Å². The Balaban J connectivity index is 2.15. The highest BCUT2D eigenvalue weighted by atomic mass is 32.2. The highest BCUT2D eigenvalue weighted by Crippen LogP contribution is 2.22. The molecular weight excluding hydrogens is 345 g/mol. The van der Waals surface area contributed by atoms with Crippen LogP contribution < -0.4 is 15.2 Å². The Labute approximate surface area is 135 Å². The molecule has 0 aromatic heterocycles. The minimum Gasteiger partial charge on any atom is -0.328 e. The monoisotopic (exact) mass is 365 g/mol. The topological polar surface area (TPSA) is 118 Å². The van der Waals surface area contributed by atoms with Gasteiger partial charge in [-0.25, -0.2) is 25.9 Å². The van der Waals surface area contributed by atoms with Crippen molar-refractivity contribution >= 4 is 25.7 Å². The summed E-state index contributed by atoms with van der Waals surface area (Å²) in [6.07, 6.45) is 3.62. The molecule has 0 heterocycles. The van der Waals surface area contributed by atoms with Gasteiger partial charge in [0.05, 0.1) is 16.8 Å². The number of hydrogen-bond acceptors (Lipinski definition) is 5. The van der Waals surface area contributed by atoms with E-state index < -0.39 is 25.9 Å². The average Bonchev–Trinajstić information content (AvgIpc) is 2.42. The third-order valence-electron chi connectivity index (χ3n) is 3.64. The van der Waals surface area contributed by atoms with Gasteiger partial charge in [0.1, 0.15) is 5.82 Å². The molecule has 7 nitrogen and oxygen atoms in total. The van der Waals surface area contributed by atoms with Crippen LogP contribution in [0.5, 0.6) is 0 Å². The van der Waals surface area contributed by atoms with Gasteiger partial charge >= 0.3 is 0 Å². The van der Waals surface area contributed by atoms with Gasteiger partial charge in [-0.05, 0) is 43.9 Å². The van der Waals surface area contributed by atoms with Crippen molar-refractivity contribution in [1.29, 1.82) is 0 Å². The number of benzene rings is 1. The van der Waals surface area contributed by atoms with E-state index in [0.717, 1.165) is 37.3 Å². The Morgan fingerprint density at radius 2 is 1.74 bits per heavy atom. The van der Waals surface area contributed by atoms with E-state index in [1.54, 1.807) is 0 Å². The Bertz CT molecular complexity index is 772. The third-order valence-corrected chi connectivity index (χ3v) is 5.75. The minimum atomic E-state index is -3.87. The molecule has 0 spiro atoms. The molecule has 2 rings (SSSR count). The quantitative estimate of drug-likeness (QED) is 0.711. The molecule has 1 aliphatic carbocycles. The lowest BCUT2D eigenvalue weighted by Gasteiger charge is -2.26. The van der Waals surface area contributed by atoms with Gasteiger partial charge in [-0.2, -0.15) is 0 Å². The van der Waals surface area contributed by atoms with Gasteiger partial charge in [0, 0.05) is 12.1 Å². The first-order chi connectivity index (χ1) is 10.6. The predicted molar refractivity (Wildman–Crippen MR) is 85.4 cm³/mol. The maximum Gasteiger partial charge on any atom is 0.240 e. The van der Waals surface area contributed by atoms with Crippen molar-refractivity contribution in [2.75, 3.05) is 11.0 Å². The number of hydrogen-bond donors (Lipinski definition) is 3. The van der Waals surface area contributed by atoms with E-state index in [0.29, 0.717) is 12.8 Å². The second-order valence-corrected chi connectivity index (χ2v) is 9.21. The fourth-order valence-electron chi connectivity index (χ4n) is 2.47. The van der Waals surface area contributed by atoms with Crippen molar-refractivity contribution in [3.8, 4) is 0 Å². The van der Waals surface area contributed by atoms with Crippen molar-refractivity contribution < 1.29 is 21.2 Å². The first kappa shape index (κ1) is 18.1. The van der Waals surface area contributed by atoms with Crippen molar-refractivity contribution in [2.24, 2.45) is 5.73 Å². The van der Waals surface area contributed by atoms with E-state index in [1.165, 1.54) is 0 Å². The molecule has 1 aromatic rings. The normalized spacial score (nSPS) is 22.7. The molecule has 4 N–H and O–H groups in total. The van der Waals surface area contributed by atoms with Crippen LogP contribution in [0.4, 0.5) is 10.1 Å². The zero-order chi connectivity index (χ0) is 17.3. The number of rotatable bonds is 5. The van der Waals surface area contributed by atoms with Crippen LogP contribution in [-0.4, -0.2) is 35.2 Å². The summed E-state index contributed by atoms with van der Waals surface area (Å²) >= 11 is 0. The average molecular weight is 365 g/mol. The summed E-state index contributed by atoms with van der Waals surface area (Å²) < 4.78 is 65.2. The lowest BCUT2D eigenvalue weighted by Crippen LogP contribution is -2.40. The van der Waals surface area contributed by atoms with Crippen molar-refractivity contribution in [3.05, 3.63) is 24.0 Å². The summed E-state index contributed by atoms with van der Waals surface area (Å²) in [5.41, 5.74) is 5.48. The zero-order valence-electron chi connectivity index (χ0n) is 12.6. The van der Waals surface area contributed by atoms with Crippen LogP contribution in [0.3, 0.4) is 0 Å². The van der Waals surface area contributed by atoms with Gasteiger partial charge < -0.3 is 5.73 Å². The molecular formula is C13H20FN3O4S2. The molecule has 0 radical (unpaired) electrons. The number of sulfonamides is 2. The largest absolute Gasteiger partial charge is 0.328 e. The maximum absolute atomic E-state index is 13.9. The van der Waals surface area contributed by atoms with Crippen LogP contribution in [0.15, 0.2) is 23.1 Å². The molecule has 0 saturated heterocycles. The summed E-state index contributed by atoms with van der Waals surface area (Å²) in [7, 11) is -7.51. The molecule has 130 valence electrons. The van der Waals surface area contributed by atoms with Gasteiger partial charge in [0.25, 0.3) is 0 Å². The summed E-state index contributed by atoms with van der Waals surface area (Å²) in [6.45, 7) is 0. The molecule has 0 amide bonds. The number of anilines is 1. The maximum atomic E-state index is 13.9. The first-order valence-corrected chi connectivity index (χ1v) is 10.5. The van der Waals surface area contributed by atoms with Crippen LogP contribution in [0.1, 0.15) is 25.7 Å². The number of nitrogens with one attached hydrogen (secondary N) is 2. The molecule has 1 aliphatic rings. The van der Waals surface area contributed by atoms with Crippen LogP contribution in [0, 0.1) is 5.82 Å². The summed E-state index contributed by atoms with van der Waals surface area (Å²) in [4.78, 5) is -0.246. The summed E-state index contributed by atoms with van der Waals surface area (Å²) in [6, 6.07) is 2.91. The second-order valence-electron chi connectivity index (χ2n) is 5.75. The van der Waals surface area contributed by atoms with E-state index in [2.05, 4.69) is 4.72 Å². The smallest absolute Gasteiger partial charge is 0.240 e. The fraction of sp³-hybridized carbons (Fsp3) is 0.538. The van der Waals surface area contributed by atoms with E-state index in [4.69, 9.17) is 5.73 Å². The van der Waals surface area contributed by atoms with Crippen LogP contribution in [0.2, 0.25) is 0 Å². The van der Waals surface area contributed by atoms with Crippen molar-refractivity contribution in [1.82, 2.24) is 4.72 Å². The summed E-state index contributed by atoms with van der Waals surface area (Å²) in [5, 5.41) is 0. The molecule has 0 bridgehead atoms. The lowest BCUT2D eigenvalue weighted by molar-refractivity contribution is 0.373. The number of nitrogens with two attached hydrogens (primary N) is 1. The minimum absolute atomic E-state index is 0.0922. The standard InChI is InChI=1S/C13H20FN3O4S2/c1-22(18,19)17-13-7-6-11(8-12(13)14)23(20,21)16-10-4-2-9(15)3-5-10/h6-10,16-17H,2-5,15H2,1H3. The molecule has 0 aliphatic heterocycles. The SMILES string of the molecule is CS(=O)(=O)Nc1ccc(S(=O)(=O)NC2CCC(N)CC2)cc1F. The molecule has 0 atom stereocenters. The molecule has 23 heavy (non-hydrogen) atoms. The fourth-order valence-corrected chi connectivity index (χ4v) is 4.35. The van der Waals surface area contributed by atoms with Crippen molar-refractivity contribution in [3.63, 3.8) is 0 Å². The Morgan fingerprint density at radius 1 is 1.13 bits per heavy atom. The van der Waals surface area contributed by atoms with Gasteiger partial charge in [-0.3, -0.25) is 4.72 Å². The van der Waals surface area contributed by atoms with E-state index >= 15 is 0 Å². The highest BCUT2D eigenvalue weighted by molar-refractivity contribution is 7.92. The highest BCUT2D eigenvalue weighted by Gasteiger charge is 2.25. The Hall–Kier alpha value is -1.23. The number of halogens is 1. The zero-order valence-corrected chi connectivity index (χ0v) is 14.3. The Morgan fingerprint density at radius 3 is 2.26 bits per heavy atom. The van der Waals surface area contributed by atoms with Gasteiger partial charge in [-0.1, -0.05) is 0 Å². The molecule has 10 heteroatoms. The first-order valence-electron chi connectivity index (χ1n) is 7.12. The molecule has 1 saturated carbocycles. The second kappa shape index (κ2) is 6.71. The van der Waals surface area contributed by atoms with E-state index in [1.807, 2.05) is 4.72 Å². The van der Waals surface area contributed by atoms with E-state index in [-0.39, 0.29) is 22.7 Å². The van der Waals surface area contributed by atoms with Crippen LogP contribution in [0.25, 0.3) is 0 Å². The third kappa shape index (κ3) is 5.13. The van der Waals surface area contributed by atoms with Crippen molar-refractivity contribution in [2.45, 2.75) is 42.7 Å². The Kier molecular flexibility index (Phi) is 5.29.